The molecular weight excluding hydrogens is 875 g/mol. The number of benzene rings is 2. The van der Waals surface area contributed by atoms with Crippen molar-refractivity contribution in [2.45, 2.75) is 98.1 Å². The zero-order valence-electron chi connectivity index (χ0n) is 37.0. The standard InChI is InChI=1S/C50H56F2N2O11S/c1-30-13-16-47(2)38(23-30)39(51)26-37-36-27-42-50(41(58)29-55,48(36,3)28-40(57)49(37,47)52)65-46(64-42)32-7-9-34(10-8-32)66-35-6-4-5-31(25-35)24-33(56)15-19-62-21-22-63-20-17-53-43(59)14-18-54-44(60)11-12-45(54)61/h4-13,16,23,25,36-37,39-40,42,46,55,57H,1,14-15,17-22,24,26-29H2,2-3H3,(H,53,59)/t36-,37-,39-,40-,42+,46+,47-,48-,49-,50+/m0/s1. The van der Waals surface area contributed by atoms with E-state index in [-0.39, 0.29) is 95.3 Å². The summed E-state index contributed by atoms with van der Waals surface area (Å²) in [5.41, 5.74) is -4.22. The predicted molar refractivity (Wildman–Crippen MR) is 237 cm³/mol. The molecule has 4 aliphatic carbocycles. The number of aliphatic hydroxyl groups excluding tert-OH is 2. The average molecular weight is 931 g/mol. The summed E-state index contributed by atoms with van der Waals surface area (Å²) in [6, 6.07) is 15.2. The second kappa shape index (κ2) is 19.1. The lowest BCUT2D eigenvalue weighted by Crippen LogP contribution is -2.70. The third-order valence-corrected chi connectivity index (χ3v) is 15.6. The number of amides is 3. The predicted octanol–water partition coefficient (Wildman–Crippen LogP) is 5.43. The van der Waals surface area contributed by atoms with Gasteiger partial charge in [0.05, 0.1) is 38.6 Å². The molecule has 2 aliphatic heterocycles. The average Bonchev–Trinajstić information content (AvgIpc) is 3.92. The quantitative estimate of drug-likeness (QED) is 0.120. The molecule has 2 aromatic rings. The van der Waals surface area contributed by atoms with Crippen LogP contribution < -0.4 is 5.32 Å². The number of alkyl halides is 2. The summed E-state index contributed by atoms with van der Waals surface area (Å²) < 4.78 is 58.1. The summed E-state index contributed by atoms with van der Waals surface area (Å²) in [5, 5.41) is 24.9. The van der Waals surface area contributed by atoms with Crippen molar-refractivity contribution in [1.82, 2.24) is 10.2 Å². The Hall–Kier alpha value is -4.68. The van der Waals surface area contributed by atoms with E-state index in [2.05, 4.69) is 11.9 Å². The lowest BCUT2D eigenvalue weighted by Gasteiger charge is -2.63. The number of hydrogen-bond acceptors (Lipinski definition) is 12. The second-order valence-electron chi connectivity index (χ2n) is 18.4. The van der Waals surface area contributed by atoms with Crippen LogP contribution in [0.2, 0.25) is 0 Å². The van der Waals surface area contributed by atoms with Crippen LogP contribution in [-0.4, -0.2) is 120 Å². The molecule has 0 bridgehead atoms. The molecule has 0 aromatic heterocycles. The summed E-state index contributed by atoms with van der Waals surface area (Å²) >= 11 is 1.50. The Kier molecular flexibility index (Phi) is 13.9. The largest absolute Gasteiger partial charge is 0.390 e. The minimum atomic E-state index is -2.23. The van der Waals surface area contributed by atoms with Gasteiger partial charge < -0.3 is 34.5 Å². The number of ether oxygens (including phenoxy) is 4. The Balaban J connectivity index is 0.801. The lowest BCUT2D eigenvalue weighted by atomic mass is 9.44. The van der Waals surface area contributed by atoms with Gasteiger partial charge in [0, 0.05) is 76.6 Å². The Labute approximate surface area is 386 Å². The zero-order chi connectivity index (χ0) is 47.0. The first-order chi connectivity index (χ1) is 31.5. The summed E-state index contributed by atoms with van der Waals surface area (Å²) in [6.07, 6.45) is 2.65. The van der Waals surface area contributed by atoms with E-state index < -0.39 is 82.8 Å². The molecule has 66 heavy (non-hydrogen) atoms. The maximum Gasteiger partial charge on any atom is 0.253 e. The highest BCUT2D eigenvalue weighted by Crippen LogP contribution is 2.72. The first-order valence-corrected chi connectivity index (χ1v) is 23.3. The van der Waals surface area contributed by atoms with Crippen LogP contribution in [0.3, 0.4) is 0 Å². The molecule has 2 aromatic carbocycles. The van der Waals surface area contributed by atoms with E-state index in [1.165, 1.54) is 23.9 Å². The van der Waals surface area contributed by atoms with Crippen molar-refractivity contribution in [3.05, 3.63) is 108 Å². The third kappa shape index (κ3) is 8.58. The number of hydrogen-bond donors (Lipinski definition) is 3. The molecular formula is C50H56F2N2O11S. The summed E-state index contributed by atoms with van der Waals surface area (Å²) in [6.45, 7) is 7.82. The van der Waals surface area contributed by atoms with E-state index in [9.17, 15) is 34.2 Å². The van der Waals surface area contributed by atoms with Crippen LogP contribution in [-0.2, 0) is 49.3 Å². The van der Waals surface area contributed by atoms with Gasteiger partial charge >= 0.3 is 0 Å². The zero-order valence-corrected chi connectivity index (χ0v) is 37.9. The highest BCUT2D eigenvalue weighted by Gasteiger charge is 2.80. The van der Waals surface area contributed by atoms with Gasteiger partial charge in [-0.15, -0.1) is 0 Å². The van der Waals surface area contributed by atoms with Crippen molar-refractivity contribution in [2.24, 2.45) is 22.7 Å². The van der Waals surface area contributed by atoms with E-state index in [1.807, 2.05) is 48.5 Å². The summed E-state index contributed by atoms with van der Waals surface area (Å²) in [5.74, 6) is -3.30. The Morgan fingerprint density at radius 1 is 0.955 bits per heavy atom. The van der Waals surface area contributed by atoms with Crippen LogP contribution in [0.4, 0.5) is 8.78 Å². The van der Waals surface area contributed by atoms with Gasteiger partial charge in [0.25, 0.3) is 11.8 Å². The van der Waals surface area contributed by atoms with Crippen molar-refractivity contribution in [1.29, 1.82) is 0 Å². The Morgan fingerprint density at radius 2 is 1.68 bits per heavy atom. The molecule has 3 saturated carbocycles. The van der Waals surface area contributed by atoms with Crippen molar-refractivity contribution in [3.63, 3.8) is 0 Å². The van der Waals surface area contributed by atoms with Crippen LogP contribution >= 0.6 is 11.8 Å². The van der Waals surface area contributed by atoms with Gasteiger partial charge in [-0.2, -0.15) is 0 Å². The number of fused-ring (bicyclic) bond motifs is 7. The molecule has 10 atom stereocenters. The number of allylic oxidation sites excluding steroid dienone is 5. The van der Waals surface area contributed by atoms with Crippen LogP contribution in [0, 0.1) is 22.7 Å². The van der Waals surface area contributed by atoms with Crippen LogP contribution in [0.5, 0.6) is 0 Å². The molecule has 6 aliphatic rings. The number of carbonyl (C=O) groups is 5. The minimum Gasteiger partial charge on any atom is -0.390 e. The minimum absolute atomic E-state index is 0.00437. The van der Waals surface area contributed by atoms with E-state index in [0.29, 0.717) is 11.1 Å². The fourth-order valence-corrected chi connectivity index (χ4v) is 12.3. The van der Waals surface area contributed by atoms with Crippen molar-refractivity contribution >= 4 is 41.0 Å². The molecule has 13 nitrogen and oxygen atoms in total. The number of imide groups is 1. The first-order valence-electron chi connectivity index (χ1n) is 22.5. The molecule has 8 rings (SSSR count). The number of nitrogens with one attached hydrogen (secondary N) is 1. The number of rotatable bonds is 19. The molecule has 16 heteroatoms. The fraction of sp³-hybridized carbons (Fsp3) is 0.500. The van der Waals surface area contributed by atoms with E-state index in [1.54, 1.807) is 32.1 Å². The molecule has 0 radical (unpaired) electrons. The van der Waals surface area contributed by atoms with Crippen molar-refractivity contribution in [2.75, 3.05) is 46.1 Å². The number of carbonyl (C=O) groups excluding carboxylic acids is 5. The highest BCUT2D eigenvalue weighted by molar-refractivity contribution is 7.99. The summed E-state index contributed by atoms with van der Waals surface area (Å²) in [4.78, 5) is 64.6. The van der Waals surface area contributed by atoms with Gasteiger partial charge in [0.15, 0.2) is 23.3 Å². The van der Waals surface area contributed by atoms with E-state index in [4.69, 9.17) is 18.9 Å². The van der Waals surface area contributed by atoms with Gasteiger partial charge in [-0.3, -0.25) is 28.9 Å². The Bertz CT molecular complexity index is 2340. The first kappa shape index (κ1) is 47.8. The number of Topliss-reactive ketones (excluding diaryl/α,β-unsaturated/α-hetero) is 2. The molecule has 4 fully saturated rings. The maximum atomic E-state index is 17.8. The lowest BCUT2D eigenvalue weighted by molar-refractivity contribution is -0.235. The highest BCUT2D eigenvalue weighted by atomic mass is 32.2. The maximum absolute atomic E-state index is 17.8. The fourth-order valence-electron chi connectivity index (χ4n) is 11.4. The Morgan fingerprint density at radius 3 is 2.41 bits per heavy atom. The smallest absolute Gasteiger partial charge is 0.253 e. The van der Waals surface area contributed by atoms with Gasteiger partial charge in [-0.05, 0) is 73.1 Å². The molecule has 352 valence electrons. The van der Waals surface area contributed by atoms with Gasteiger partial charge in [-0.1, -0.05) is 67.8 Å². The molecule has 0 spiro atoms. The third-order valence-electron chi connectivity index (χ3n) is 14.6. The van der Waals surface area contributed by atoms with E-state index >= 15 is 8.78 Å². The normalized spacial score (nSPS) is 33.0. The van der Waals surface area contributed by atoms with E-state index in [0.717, 1.165) is 20.3 Å². The molecule has 0 unspecified atom stereocenters. The molecule has 2 heterocycles. The van der Waals surface area contributed by atoms with Gasteiger partial charge in [0.2, 0.25) is 5.91 Å². The molecule has 3 N–H and O–H groups in total. The van der Waals surface area contributed by atoms with Gasteiger partial charge in [0.1, 0.15) is 18.6 Å². The monoisotopic (exact) mass is 930 g/mol. The van der Waals surface area contributed by atoms with Crippen molar-refractivity contribution in [3.8, 4) is 0 Å². The van der Waals surface area contributed by atoms with Crippen molar-refractivity contribution < 1.29 is 61.9 Å². The molecule has 3 amide bonds. The summed E-state index contributed by atoms with van der Waals surface area (Å²) in [7, 11) is 0. The number of aliphatic hydroxyl groups is 2. The molecule has 1 saturated heterocycles. The van der Waals surface area contributed by atoms with Crippen LogP contribution in [0.25, 0.3) is 0 Å². The topological polar surface area (TPSA) is 178 Å². The second-order valence-corrected chi connectivity index (χ2v) is 19.6. The SMILES string of the molecule is C=C1C=C[C@@]2(C)C(=C1)[C@@H](F)C[C@H]1[C@@H]3C[C@H]4O[C@@H](c5ccc(Sc6cccc(CC(=O)CCOCCOCCNC(=O)CCN7C(=O)C=CC7=O)c6)cc5)O[C@@]4(C(=O)CO)[C@@]3(C)C[C@H](O)[C@@]12F. The number of nitrogens with zero attached hydrogens (tertiary/aromatic N) is 1. The van der Waals surface area contributed by atoms with Crippen LogP contribution in [0.15, 0.2) is 106 Å². The number of halogens is 2. The van der Waals surface area contributed by atoms with Crippen LogP contribution in [0.1, 0.15) is 63.4 Å². The number of ketones is 2. The van der Waals surface area contributed by atoms with Gasteiger partial charge in [-0.25, -0.2) is 8.78 Å².